The van der Waals surface area contributed by atoms with Crippen molar-refractivity contribution in [1.29, 1.82) is 5.26 Å². The van der Waals surface area contributed by atoms with Gasteiger partial charge in [0, 0.05) is 10.7 Å². The zero-order valence-corrected chi connectivity index (χ0v) is 16.6. The summed E-state index contributed by atoms with van der Waals surface area (Å²) in [6.07, 6.45) is 1.77. The van der Waals surface area contributed by atoms with Crippen molar-refractivity contribution < 1.29 is 9.53 Å². The fraction of sp³-hybridized carbons (Fsp3) is 0.0833. The molecule has 144 valence electrons. The summed E-state index contributed by atoms with van der Waals surface area (Å²) >= 11 is 5.91. The summed E-state index contributed by atoms with van der Waals surface area (Å²) in [6, 6.07) is 24.1. The topological polar surface area (TPSA) is 62.1 Å². The summed E-state index contributed by atoms with van der Waals surface area (Å²) in [7, 11) is 0. The van der Waals surface area contributed by atoms with Crippen LogP contribution in [0.4, 0.5) is 5.69 Å². The third kappa shape index (κ3) is 5.97. The second-order valence-electron chi connectivity index (χ2n) is 6.46. The lowest BCUT2D eigenvalue weighted by Gasteiger charge is -2.09. The highest BCUT2D eigenvalue weighted by Gasteiger charge is 2.06. The van der Waals surface area contributed by atoms with E-state index in [4.69, 9.17) is 16.3 Å². The van der Waals surface area contributed by atoms with Crippen molar-refractivity contribution in [3.05, 3.63) is 94.5 Å². The molecular formula is C24H19ClN2O2. The predicted molar refractivity (Wildman–Crippen MR) is 117 cm³/mol. The number of nitrogens with zero attached hydrogens (tertiary/aromatic N) is 1. The number of halogens is 1. The molecule has 3 aromatic rings. The number of carbonyl (C=O) groups is 1. The number of benzene rings is 3. The number of nitriles is 1. The van der Waals surface area contributed by atoms with Gasteiger partial charge >= 0.3 is 0 Å². The summed E-state index contributed by atoms with van der Waals surface area (Å²) < 4.78 is 5.61. The molecule has 0 heterocycles. The van der Waals surface area contributed by atoms with Gasteiger partial charge in [0.25, 0.3) is 5.91 Å². The van der Waals surface area contributed by atoms with Gasteiger partial charge in [-0.15, -0.1) is 0 Å². The molecule has 3 aromatic carbocycles. The fourth-order valence-electron chi connectivity index (χ4n) is 2.74. The summed E-state index contributed by atoms with van der Waals surface area (Å²) in [5, 5.41) is 12.9. The quantitative estimate of drug-likeness (QED) is 0.423. The smallest absolute Gasteiger partial charge is 0.262 e. The summed E-state index contributed by atoms with van der Waals surface area (Å²) in [4.78, 5) is 12.1. The number of ether oxygens (including phenoxy) is 1. The predicted octanol–water partition coefficient (Wildman–Crippen LogP) is 5.73. The highest BCUT2D eigenvalue weighted by Crippen LogP contribution is 2.22. The summed E-state index contributed by atoms with van der Waals surface area (Å²) in [6.45, 7) is 1.86. The molecule has 0 aliphatic rings. The number of carbonyl (C=O) groups excluding carboxylic acids is 1. The average Bonchev–Trinajstić information content (AvgIpc) is 2.72. The zero-order valence-electron chi connectivity index (χ0n) is 15.9. The van der Waals surface area contributed by atoms with Crippen molar-refractivity contribution in [1.82, 2.24) is 0 Å². The Hall–Kier alpha value is -3.55. The van der Waals surface area contributed by atoms with Crippen LogP contribution in [0.15, 0.2) is 72.8 Å². The first-order valence-electron chi connectivity index (χ1n) is 9.00. The largest absolute Gasteiger partial charge is 0.484 e. The Kier molecular flexibility index (Phi) is 6.67. The van der Waals surface area contributed by atoms with Gasteiger partial charge in [-0.1, -0.05) is 48.0 Å². The van der Waals surface area contributed by atoms with Gasteiger partial charge in [-0.05, 0) is 66.1 Å². The molecule has 1 amide bonds. The average molecular weight is 403 g/mol. The Bertz CT molecular complexity index is 1080. The minimum Gasteiger partial charge on any atom is -0.484 e. The maximum Gasteiger partial charge on any atom is 0.262 e. The molecule has 0 spiro atoms. The van der Waals surface area contributed by atoms with Crippen LogP contribution in [-0.2, 0) is 4.79 Å². The fourth-order valence-corrected chi connectivity index (χ4v) is 2.87. The Morgan fingerprint density at radius 2 is 1.86 bits per heavy atom. The number of anilines is 1. The van der Waals surface area contributed by atoms with Gasteiger partial charge in [-0.2, -0.15) is 5.26 Å². The molecule has 0 saturated heterocycles. The SMILES string of the molecule is Cc1cccc(NC(=O)COc2cccc(/C=C(\C#N)c3ccc(Cl)cc3)c2)c1. The molecule has 0 bridgehead atoms. The third-order valence-corrected chi connectivity index (χ3v) is 4.37. The minimum atomic E-state index is -0.240. The first-order valence-corrected chi connectivity index (χ1v) is 9.38. The molecule has 4 nitrogen and oxygen atoms in total. The molecule has 0 fully saturated rings. The van der Waals surface area contributed by atoms with Crippen LogP contribution in [0, 0.1) is 18.3 Å². The van der Waals surface area contributed by atoms with Crippen LogP contribution in [0.3, 0.4) is 0 Å². The van der Waals surface area contributed by atoms with Crippen LogP contribution in [0.2, 0.25) is 5.02 Å². The summed E-state index contributed by atoms with van der Waals surface area (Å²) in [5.74, 6) is 0.307. The van der Waals surface area contributed by atoms with Crippen molar-refractivity contribution in [3.63, 3.8) is 0 Å². The zero-order chi connectivity index (χ0) is 20.6. The van der Waals surface area contributed by atoms with E-state index in [1.165, 1.54) is 0 Å². The number of nitrogens with one attached hydrogen (secondary N) is 1. The summed E-state index contributed by atoms with van der Waals surface area (Å²) in [5.41, 5.74) is 3.89. The first-order chi connectivity index (χ1) is 14.0. The van der Waals surface area contributed by atoms with Crippen molar-refractivity contribution in [2.75, 3.05) is 11.9 Å². The Balaban J connectivity index is 1.66. The van der Waals surface area contributed by atoms with Crippen molar-refractivity contribution >= 4 is 34.8 Å². The molecule has 29 heavy (non-hydrogen) atoms. The molecular weight excluding hydrogens is 384 g/mol. The van der Waals surface area contributed by atoms with Crippen LogP contribution in [-0.4, -0.2) is 12.5 Å². The van der Waals surface area contributed by atoms with E-state index in [2.05, 4.69) is 11.4 Å². The Morgan fingerprint density at radius 3 is 2.59 bits per heavy atom. The lowest BCUT2D eigenvalue weighted by molar-refractivity contribution is -0.118. The molecule has 0 radical (unpaired) electrons. The second-order valence-corrected chi connectivity index (χ2v) is 6.89. The van der Waals surface area contributed by atoms with E-state index in [1.807, 2.05) is 43.3 Å². The van der Waals surface area contributed by atoms with Gasteiger partial charge in [0.15, 0.2) is 6.61 Å². The number of amides is 1. The lowest BCUT2D eigenvalue weighted by atomic mass is 10.0. The van der Waals surface area contributed by atoms with E-state index in [-0.39, 0.29) is 12.5 Å². The van der Waals surface area contributed by atoms with Crippen LogP contribution in [0.1, 0.15) is 16.7 Å². The molecule has 0 saturated carbocycles. The van der Waals surface area contributed by atoms with E-state index >= 15 is 0 Å². The van der Waals surface area contributed by atoms with Crippen LogP contribution < -0.4 is 10.1 Å². The molecule has 5 heteroatoms. The van der Waals surface area contributed by atoms with E-state index in [1.54, 1.807) is 42.5 Å². The van der Waals surface area contributed by atoms with Gasteiger partial charge in [-0.25, -0.2) is 0 Å². The highest BCUT2D eigenvalue weighted by atomic mass is 35.5. The van der Waals surface area contributed by atoms with Crippen LogP contribution in [0.5, 0.6) is 5.75 Å². The van der Waals surface area contributed by atoms with Crippen molar-refractivity contribution in [2.45, 2.75) is 6.92 Å². The van der Waals surface area contributed by atoms with Gasteiger partial charge < -0.3 is 10.1 Å². The van der Waals surface area contributed by atoms with E-state index in [9.17, 15) is 10.1 Å². The lowest BCUT2D eigenvalue weighted by Crippen LogP contribution is -2.20. The number of aryl methyl sites for hydroxylation is 1. The maximum absolute atomic E-state index is 12.1. The normalized spacial score (nSPS) is 10.9. The molecule has 0 unspecified atom stereocenters. The van der Waals surface area contributed by atoms with Crippen LogP contribution in [0.25, 0.3) is 11.6 Å². The highest BCUT2D eigenvalue weighted by molar-refractivity contribution is 6.30. The van der Waals surface area contributed by atoms with Crippen molar-refractivity contribution in [3.8, 4) is 11.8 Å². The third-order valence-electron chi connectivity index (χ3n) is 4.12. The first kappa shape index (κ1) is 20.2. The molecule has 3 rings (SSSR count). The number of rotatable bonds is 6. The molecule has 0 aromatic heterocycles. The molecule has 1 N–H and O–H groups in total. The Labute approximate surface area is 175 Å². The molecule has 0 aliphatic carbocycles. The van der Waals surface area contributed by atoms with Gasteiger partial charge in [0.05, 0.1) is 11.6 Å². The van der Waals surface area contributed by atoms with Gasteiger partial charge in [-0.3, -0.25) is 4.79 Å². The Morgan fingerprint density at radius 1 is 1.10 bits per heavy atom. The van der Waals surface area contributed by atoms with Crippen molar-refractivity contribution in [2.24, 2.45) is 0 Å². The van der Waals surface area contributed by atoms with Crippen LogP contribution >= 0.6 is 11.6 Å². The van der Waals surface area contributed by atoms with Gasteiger partial charge in [0.2, 0.25) is 0 Å². The van der Waals surface area contributed by atoms with E-state index < -0.39 is 0 Å². The number of hydrogen-bond donors (Lipinski definition) is 1. The molecule has 0 atom stereocenters. The van der Waals surface area contributed by atoms with Gasteiger partial charge in [0.1, 0.15) is 5.75 Å². The maximum atomic E-state index is 12.1. The minimum absolute atomic E-state index is 0.108. The standard InChI is InChI=1S/C24H19ClN2O2/c1-17-4-2-6-22(12-17)27-24(28)16-29-23-7-3-5-18(14-23)13-20(15-26)19-8-10-21(25)11-9-19/h2-14H,16H2,1H3,(H,27,28)/b20-13+. The second kappa shape index (κ2) is 9.59. The number of allylic oxidation sites excluding steroid dienone is 1. The number of hydrogen-bond acceptors (Lipinski definition) is 3. The monoisotopic (exact) mass is 402 g/mol. The van der Waals surface area contributed by atoms with E-state index in [0.717, 1.165) is 22.4 Å². The molecule has 0 aliphatic heterocycles. The van der Waals surface area contributed by atoms with E-state index in [0.29, 0.717) is 16.3 Å².